The van der Waals surface area contributed by atoms with E-state index in [4.69, 9.17) is 9.47 Å². The number of para-hydroxylation sites is 2. The molecule has 1 N–H and O–H groups in total. The van der Waals surface area contributed by atoms with Gasteiger partial charge in [0.1, 0.15) is 0 Å². The average molecular weight is 402 g/mol. The van der Waals surface area contributed by atoms with Crippen LogP contribution >= 0.6 is 23.1 Å². The van der Waals surface area contributed by atoms with Gasteiger partial charge in [0.15, 0.2) is 15.8 Å². The first kappa shape index (κ1) is 19.2. The summed E-state index contributed by atoms with van der Waals surface area (Å²) in [5.74, 6) is 1.27. The molecule has 140 valence electrons. The van der Waals surface area contributed by atoms with Gasteiger partial charge in [0, 0.05) is 5.56 Å². The lowest BCUT2D eigenvalue weighted by molar-refractivity contribution is -0.118. The number of aromatic nitrogens is 1. The Balaban J connectivity index is 1.57. The fourth-order valence-corrected chi connectivity index (χ4v) is 4.20. The smallest absolute Gasteiger partial charge is 0.250 e. The highest BCUT2D eigenvalue weighted by atomic mass is 32.2. The summed E-state index contributed by atoms with van der Waals surface area (Å²) in [6, 6.07) is 13.4. The number of nitrogens with zero attached hydrogens (tertiary/aromatic N) is 2. The Morgan fingerprint density at radius 2 is 2.15 bits per heavy atom. The van der Waals surface area contributed by atoms with E-state index in [1.165, 1.54) is 11.8 Å². The van der Waals surface area contributed by atoms with Gasteiger partial charge in [-0.2, -0.15) is 5.10 Å². The molecule has 2 aromatic carbocycles. The lowest BCUT2D eigenvalue weighted by Crippen LogP contribution is -2.19. The van der Waals surface area contributed by atoms with Crippen LogP contribution in [0.5, 0.6) is 11.5 Å². The molecule has 0 saturated carbocycles. The third kappa shape index (κ3) is 4.99. The van der Waals surface area contributed by atoms with Crippen molar-refractivity contribution in [3.63, 3.8) is 0 Å². The Labute approximate surface area is 165 Å². The SMILES string of the molecule is CCOc1c(/C=N/NC(=O)CSc2nc3ccccc3s2)cccc1OC. The summed E-state index contributed by atoms with van der Waals surface area (Å²) in [7, 11) is 1.58. The fraction of sp³-hybridized carbons (Fsp3) is 0.211. The van der Waals surface area contributed by atoms with E-state index in [1.54, 1.807) is 24.7 Å². The van der Waals surface area contributed by atoms with Gasteiger partial charge in [-0.05, 0) is 31.2 Å². The molecule has 8 heteroatoms. The predicted molar refractivity (Wildman–Crippen MR) is 110 cm³/mol. The Kier molecular flexibility index (Phi) is 6.67. The van der Waals surface area contributed by atoms with Crippen molar-refractivity contribution in [3.8, 4) is 11.5 Å². The van der Waals surface area contributed by atoms with Gasteiger partial charge in [-0.3, -0.25) is 4.79 Å². The average Bonchev–Trinajstić information content (AvgIpc) is 3.10. The molecular formula is C19H19N3O3S2. The molecular weight excluding hydrogens is 382 g/mol. The highest BCUT2D eigenvalue weighted by Gasteiger charge is 2.09. The number of hydrogen-bond donors (Lipinski definition) is 1. The van der Waals surface area contributed by atoms with Crippen LogP contribution in [0.1, 0.15) is 12.5 Å². The normalized spacial score (nSPS) is 11.0. The van der Waals surface area contributed by atoms with Crippen molar-refractivity contribution >= 4 is 45.4 Å². The molecule has 0 atom stereocenters. The van der Waals surface area contributed by atoms with E-state index in [-0.39, 0.29) is 11.7 Å². The zero-order valence-electron chi connectivity index (χ0n) is 15.0. The zero-order chi connectivity index (χ0) is 19.1. The molecule has 1 aromatic heterocycles. The predicted octanol–water partition coefficient (Wildman–Crippen LogP) is 3.95. The standard InChI is InChI=1S/C19H19N3O3S2/c1-3-25-18-13(7-6-9-15(18)24-2)11-20-22-17(23)12-26-19-21-14-8-4-5-10-16(14)27-19/h4-11H,3,12H2,1-2H3,(H,22,23)/b20-11+. The molecule has 1 amide bonds. The molecule has 0 radical (unpaired) electrons. The summed E-state index contributed by atoms with van der Waals surface area (Å²) in [4.78, 5) is 16.5. The number of hydrazone groups is 1. The van der Waals surface area contributed by atoms with Crippen molar-refractivity contribution in [2.24, 2.45) is 5.10 Å². The molecule has 0 unspecified atom stereocenters. The third-order valence-corrected chi connectivity index (χ3v) is 5.69. The number of nitrogens with one attached hydrogen (secondary N) is 1. The zero-order valence-corrected chi connectivity index (χ0v) is 16.6. The van der Waals surface area contributed by atoms with Crippen LogP contribution < -0.4 is 14.9 Å². The summed E-state index contributed by atoms with van der Waals surface area (Å²) >= 11 is 2.97. The van der Waals surface area contributed by atoms with Gasteiger partial charge in [-0.15, -0.1) is 11.3 Å². The number of thiazole rings is 1. The maximum absolute atomic E-state index is 12.0. The van der Waals surface area contributed by atoms with Crippen LogP contribution in [0.25, 0.3) is 10.2 Å². The maximum atomic E-state index is 12.0. The first-order chi connectivity index (χ1) is 13.2. The summed E-state index contributed by atoms with van der Waals surface area (Å²) in [6.45, 7) is 2.40. The van der Waals surface area contributed by atoms with Gasteiger partial charge in [-0.1, -0.05) is 30.0 Å². The molecule has 27 heavy (non-hydrogen) atoms. The quantitative estimate of drug-likeness (QED) is 0.352. The van der Waals surface area contributed by atoms with Crippen molar-refractivity contribution in [1.82, 2.24) is 10.4 Å². The van der Waals surface area contributed by atoms with Crippen molar-refractivity contribution in [2.45, 2.75) is 11.3 Å². The van der Waals surface area contributed by atoms with Crippen LogP contribution in [0.4, 0.5) is 0 Å². The van der Waals surface area contributed by atoms with Crippen LogP contribution in [-0.2, 0) is 4.79 Å². The second-order valence-corrected chi connectivity index (χ2v) is 7.59. The van der Waals surface area contributed by atoms with Crippen molar-refractivity contribution in [3.05, 3.63) is 48.0 Å². The van der Waals surface area contributed by atoms with Gasteiger partial charge >= 0.3 is 0 Å². The number of carbonyl (C=O) groups is 1. The van der Waals surface area contributed by atoms with E-state index in [0.717, 1.165) is 20.1 Å². The lowest BCUT2D eigenvalue weighted by atomic mass is 10.2. The van der Waals surface area contributed by atoms with Crippen LogP contribution in [0.3, 0.4) is 0 Å². The lowest BCUT2D eigenvalue weighted by Gasteiger charge is -2.11. The van der Waals surface area contributed by atoms with Gasteiger partial charge in [0.2, 0.25) is 0 Å². The molecule has 0 bridgehead atoms. The van der Waals surface area contributed by atoms with Gasteiger partial charge in [0.05, 0.1) is 35.9 Å². The summed E-state index contributed by atoms with van der Waals surface area (Å²) in [5.41, 5.74) is 4.21. The third-order valence-electron chi connectivity index (χ3n) is 3.51. The Morgan fingerprint density at radius 3 is 2.93 bits per heavy atom. The summed E-state index contributed by atoms with van der Waals surface area (Å²) in [6.07, 6.45) is 1.55. The monoisotopic (exact) mass is 401 g/mol. The first-order valence-corrected chi connectivity index (χ1v) is 10.1. The number of rotatable bonds is 8. The van der Waals surface area contributed by atoms with Crippen LogP contribution in [-0.4, -0.2) is 36.6 Å². The molecule has 0 saturated heterocycles. The Hall–Kier alpha value is -2.58. The molecule has 0 aliphatic heterocycles. The van der Waals surface area contributed by atoms with Gasteiger partial charge < -0.3 is 9.47 Å². The number of methoxy groups -OCH3 is 1. The Bertz CT molecular complexity index is 923. The molecule has 6 nitrogen and oxygen atoms in total. The molecule has 1 heterocycles. The van der Waals surface area contributed by atoms with Crippen LogP contribution in [0.2, 0.25) is 0 Å². The molecule has 3 aromatic rings. The summed E-state index contributed by atoms with van der Waals surface area (Å²) in [5, 5.41) is 4.02. The molecule has 0 spiro atoms. The molecule has 0 fully saturated rings. The van der Waals surface area contributed by atoms with E-state index < -0.39 is 0 Å². The number of benzene rings is 2. The number of fused-ring (bicyclic) bond motifs is 1. The minimum Gasteiger partial charge on any atom is -0.493 e. The topological polar surface area (TPSA) is 72.8 Å². The van der Waals surface area contributed by atoms with Gasteiger partial charge in [0.25, 0.3) is 5.91 Å². The minimum absolute atomic E-state index is 0.198. The van der Waals surface area contributed by atoms with E-state index in [2.05, 4.69) is 15.5 Å². The number of hydrogen-bond acceptors (Lipinski definition) is 7. The first-order valence-electron chi connectivity index (χ1n) is 8.31. The van der Waals surface area contributed by atoms with Crippen molar-refractivity contribution in [2.75, 3.05) is 19.5 Å². The summed E-state index contributed by atoms with van der Waals surface area (Å²) < 4.78 is 12.9. The largest absolute Gasteiger partial charge is 0.493 e. The number of ether oxygens (including phenoxy) is 2. The van der Waals surface area contributed by atoms with E-state index in [1.807, 2.05) is 49.4 Å². The van der Waals surface area contributed by atoms with Crippen molar-refractivity contribution in [1.29, 1.82) is 0 Å². The van der Waals surface area contributed by atoms with Crippen molar-refractivity contribution < 1.29 is 14.3 Å². The van der Waals surface area contributed by atoms with Gasteiger partial charge in [-0.25, -0.2) is 10.4 Å². The molecule has 0 aliphatic carbocycles. The molecule has 0 aliphatic rings. The molecule has 3 rings (SSSR count). The number of carbonyl (C=O) groups excluding carboxylic acids is 1. The Morgan fingerprint density at radius 1 is 1.30 bits per heavy atom. The van der Waals surface area contributed by atoms with Crippen LogP contribution in [0, 0.1) is 0 Å². The van der Waals surface area contributed by atoms with E-state index in [0.29, 0.717) is 18.1 Å². The highest BCUT2D eigenvalue weighted by Crippen LogP contribution is 2.30. The van der Waals surface area contributed by atoms with E-state index >= 15 is 0 Å². The maximum Gasteiger partial charge on any atom is 0.250 e. The fourth-order valence-electron chi connectivity index (χ4n) is 2.34. The van der Waals surface area contributed by atoms with E-state index in [9.17, 15) is 4.79 Å². The minimum atomic E-state index is -0.198. The number of thioether (sulfide) groups is 1. The van der Waals surface area contributed by atoms with Crippen LogP contribution in [0.15, 0.2) is 51.9 Å². The highest BCUT2D eigenvalue weighted by molar-refractivity contribution is 8.01. The number of amides is 1. The second kappa shape index (κ2) is 9.38. The second-order valence-electron chi connectivity index (χ2n) is 5.34.